The second-order valence-corrected chi connectivity index (χ2v) is 5.38. The van der Waals surface area contributed by atoms with Gasteiger partial charge in [0, 0.05) is 18.7 Å². The van der Waals surface area contributed by atoms with Gasteiger partial charge in [-0.3, -0.25) is 4.79 Å². The third-order valence-corrected chi connectivity index (χ3v) is 3.37. The van der Waals surface area contributed by atoms with Gasteiger partial charge in [-0.05, 0) is 25.0 Å². The number of hydrogen-bond donors (Lipinski definition) is 1. The minimum absolute atomic E-state index is 0.0727. The fraction of sp³-hybridized carbons (Fsp3) is 0.462. The van der Waals surface area contributed by atoms with E-state index in [2.05, 4.69) is 13.8 Å². The SMILES string of the molecule is CCN(CC(C)C)C(=O)c1cc(N)c(Cl)c(Cl)c1. The van der Waals surface area contributed by atoms with Gasteiger partial charge in [0.2, 0.25) is 0 Å². The first kappa shape index (κ1) is 15.1. The summed E-state index contributed by atoms with van der Waals surface area (Å²) in [6.45, 7) is 7.44. The molecule has 0 saturated carbocycles. The lowest BCUT2D eigenvalue weighted by Crippen LogP contribution is -2.34. The molecule has 0 radical (unpaired) electrons. The second kappa shape index (κ2) is 6.30. The van der Waals surface area contributed by atoms with Gasteiger partial charge in [-0.15, -0.1) is 0 Å². The zero-order valence-corrected chi connectivity index (χ0v) is 12.3. The highest BCUT2D eigenvalue weighted by molar-refractivity contribution is 6.43. The van der Waals surface area contributed by atoms with E-state index >= 15 is 0 Å². The van der Waals surface area contributed by atoms with Crippen LogP contribution in [-0.2, 0) is 0 Å². The molecule has 0 spiro atoms. The van der Waals surface area contributed by atoms with Gasteiger partial charge < -0.3 is 10.6 Å². The van der Waals surface area contributed by atoms with Crippen LogP contribution in [0.4, 0.5) is 5.69 Å². The molecule has 0 bridgehead atoms. The highest BCUT2D eigenvalue weighted by atomic mass is 35.5. The van der Waals surface area contributed by atoms with Gasteiger partial charge >= 0.3 is 0 Å². The van der Waals surface area contributed by atoms with Crippen LogP contribution in [0.15, 0.2) is 12.1 Å². The molecule has 1 rings (SSSR count). The van der Waals surface area contributed by atoms with Crippen LogP contribution in [0, 0.1) is 5.92 Å². The van der Waals surface area contributed by atoms with Crippen LogP contribution in [0.5, 0.6) is 0 Å². The quantitative estimate of drug-likeness (QED) is 0.859. The minimum atomic E-state index is -0.0727. The maximum absolute atomic E-state index is 12.3. The Balaban J connectivity index is 3.02. The van der Waals surface area contributed by atoms with E-state index in [-0.39, 0.29) is 5.91 Å². The average molecular weight is 289 g/mol. The summed E-state index contributed by atoms with van der Waals surface area (Å²) in [4.78, 5) is 14.1. The molecule has 2 N–H and O–H groups in total. The van der Waals surface area contributed by atoms with Gasteiger partial charge in [0.15, 0.2) is 0 Å². The van der Waals surface area contributed by atoms with Crippen LogP contribution in [0.1, 0.15) is 31.1 Å². The average Bonchev–Trinajstić information content (AvgIpc) is 2.31. The van der Waals surface area contributed by atoms with Crippen LogP contribution in [0.25, 0.3) is 0 Å². The Labute approximate surface area is 118 Å². The van der Waals surface area contributed by atoms with Crippen LogP contribution in [0.2, 0.25) is 10.0 Å². The molecule has 0 atom stereocenters. The molecule has 0 aliphatic carbocycles. The van der Waals surface area contributed by atoms with Crippen LogP contribution >= 0.6 is 23.2 Å². The topological polar surface area (TPSA) is 46.3 Å². The molecule has 1 amide bonds. The zero-order chi connectivity index (χ0) is 13.9. The first-order chi connectivity index (χ1) is 8.36. The molecule has 1 aromatic carbocycles. The summed E-state index contributed by atoms with van der Waals surface area (Å²) in [7, 11) is 0. The number of nitrogens with two attached hydrogens (primary N) is 1. The van der Waals surface area contributed by atoms with Crippen molar-refractivity contribution >= 4 is 34.8 Å². The third-order valence-electron chi connectivity index (χ3n) is 2.56. The molecule has 0 aliphatic heterocycles. The summed E-state index contributed by atoms with van der Waals surface area (Å²) >= 11 is 11.8. The van der Waals surface area contributed by atoms with Gasteiger partial charge in [0.25, 0.3) is 5.91 Å². The van der Waals surface area contributed by atoms with Gasteiger partial charge in [0.05, 0.1) is 15.7 Å². The maximum Gasteiger partial charge on any atom is 0.253 e. The smallest absolute Gasteiger partial charge is 0.253 e. The lowest BCUT2D eigenvalue weighted by molar-refractivity contribution is 0.0746. The monoisotopic (exact) mass is 288 g/mol. The lowest BCUT2D eigenvalue weighted by Gasteiger charge is -2.23. The van der Waals surface area contributed by atoms with E-state index < -0.39 is 0 Å². The van der Waals surface area contributed by atoms with Gasteiger partial charge in [0.1, 0.15) is 0 Å². The number of anilines is 1. The van der Waals surface area contributed by atoms with Crippen molar-refractivity contribution in [1.29, 1.82) is 0 Å². The van der Waals surface area contributed by atoms with Gasteiger partial charge in [-0.25, -0.2) is 0 Å². The van der Waals surface area contributed by atoms with Crippen molar-refractivity contribution in [2.45, 2.75) is 20.8 Å². The summed E-state index contributed by atoms with van der Waals surface area (Å²) in [6.07, 6.45) is 0. The molecule has 0 aromatic heterocycles. The van der Waals surface area contributed by atoms with E-state index in [1.807, 2.05) is 6.92 Å². The lowest BCUT2D eigenvalue weighted by atomic mass is 10.1. The van der Waals surface area contributed by atoms with Crippen molar-refractivity contribution in [3.63, 3.8) is 0 Å². The fourth-order valence-corrected chi connectivity index (χ4v) is 2.05. The van der Waals surface area contributed by atoms with Crippen molar-refractivity contribution in [1.82, 2.24) is 4.90 Å². The van der Waals surface area contributed by atoms with Crippen LogP contribution in [0.3, 0.4) is 0 Å². The molecule has 5 heteroatoms. The molecule has 0 unspecified atom stereocenters. The summed E-state index contributed by atoms with van der Waals surface area (Å²) < 4.78 is 0. The molecular weight excluding hydrogens is 271 g/mol. The summed E-state index contributed by atoms with van der Waals surface area (Å²) in [5, 5.41) is 0.598. The number of rotatable bonds is 4. The number of halogens is 2. The van der Waals surface area contributed by atoms with Crippen molar-refractivity contribution < 1.29 is 4.79 Å². The van der Waals surface area contributed by atoms with E-state index in [4.69, 9.17) is 28.9 Å². The van der Waals surface area contributed by atoms with E-state index in [1.54, 1.807) is 17.0 Å². The number of benzene rings is 1. The van der Waals surface area contributed by atoms with Crippen molar-refractivity contribution in [3.05, 3.63) is 27.7 Å². The Bertz CT molecular complexity index is 424. The number of nitrogens with zero attached hydrogens (tertiary/aromatic N) is 1. The molecule has 0 heterocycles. The van der Waals surface area contributed by atoms with Gasteiger partial charge in [-0.2, -0.15) is 0 Å². The number of carbonyl (C=O) groups is 1. The summed E-state index contributed by atoms with van der Waals surface area (Å²) in [5.41, 5.74) is 6.52. The highest BCUT2D eigenvalue weighted by Crippen LogP contribution is 2.29. The first-order valence-electron chi connectivity index (χ1n) is 5.90. The predicted octanol–water partition coefficient (Wildman–Crippen LogP) is 3.69. The van der Waals surface area contributed by atoms with E-state index in [1.165, 1.54) is 0 Å². The van der Waals surface area contributed by atoms with E-state index in [0.717, 1.165) is 0 Å². The van der Waals surface area contributed by atoms with Crippen molar-refractivity contribution in [3.8, 4) is 0 Å². The Morgan fingerprint density at radius 3 is 2.44 bits per heavy atom. The van der Waals surface area contributed by atoms with E-state index in [0.29, 0.717) is 40.3 Å². The number of nitrogen functional groups attached to an aromatic ring is 1. The molecule has 100 valence electrons. The largest absolute Gasteiger partial charge is 0.397 e. The van der Waals surface area contributed by atoms with Crippen LogP contribution in [-0.4, -0.2) is 23.9 Å². The van der Waals surface area contributed by atoms with Crippen molar-refractivity contribution in [2.24, 2.45) is 5.92 Å². The number of hydrogen-bond acceptors (Lipinski definition) is 2. The Morgan fingerprint density at radius 2 is 2.00 bits per heavy atom. The molecule has 3 nitrogen and oxygen atoms in total. The zero-order valence-electron chi connectivity index (χ0n) is 10.8. The summed E-state index contributed by atoms with van der Waals surface area (Å²) in [6, 6.07) is 3.13. The second-order valence-electron chi connectivity index (χ2n) is 4.60. The third kappa shape index (κ3) is 3.53. The van der Waals surface area contributed by atoms with Gasteiger partial charge in [-0.1, -0.05) is 37.0 Å². The predicted molar refractivity (Wildman–Crippen MR) is 77.3 cm³/mol. The van der Waals surface area contributed by atoms with E-state index in [9.17, 15) is 4.79 Å². The number of carbonyl (C=O) groups excluding carboxylic acids is 1. The molecule has 0 aliphatic rings. The first-order valence-corrected chi connectivity index (χ1v) is 6.66. The van der Waals surface area contributed by atoms with Crippen LogP contribution < -0.4 is 5.73 Å². The molecule has 1 aromatic rings. The fourth-order valence-electron chi connectivity index (χ4n) is 1.71. The summed E-state index contributed by atoms with van der Waals surface area (Å²) in [5.74, 6) is 0.338. The Kier molecular flexibility index (Phi) is 5.29. The Hall–Kier alpha value is -0.930. The van der Waals surface area contributed by atoms with Crippen molar-refractivity contribution in [2.75, 3.05) is 18.8 Å². The molecular formula is C13H18Cl2N2O. The Morgan fingerprint density at radius 1 is 1.39 bits per heavy atom. The number of amides is 1. The maximum atomic E-state index is 12.3. The molecule has 18 heavy (non-hydrogen) atoms. The normalized spacial score (nSPS) is 10.8. The minimum Gasteiger partial charge on any atom is -0.397 e. The standard InChI is InChI=1S/C13H18Cl2N2O/c1-4-17(7-8(2)3)13(18)9-5-10(14)12(15)11(16)6-9/h5-6,8H,4,7,16H2,1-3H3. The molecule has 0 fully saturated rings. The molecule has 0 saturated heterocycles. The highest BCUT2D eigenvalue weighted by Gasteiger charge is 2.17.